The van der Waals surface area contributed by atoms with Crippen molar-refractivity contribution < 1.29 is 13.9 Å². The summed E-state index contributed by atoms with van der Waals surface area (Å²) in [5, 5.41) is 3.57. The molecule has 37 heavy (non-hydrogen) atoms. The first-order valence-electron chi connectivity index (χ1n) is 14.5. The van der Waals surface area contributed by atoms with Gasteiger partial charge in [0.1, 0.15) is 11.2 Å². The maximum atomic E-state index is 10.4. The fourth-order valence-electron chi connectivity index (χ4n) is 7.38. The standard InChI is InChI=1S/C31H37N3O3/c35-20-36-17-3-1-2-12-32-27-25-18-21-8-4-13-33-15-6-10-23(28(21)33)30(25)37-31-24-11-7-16-34-14-5-9-22(29(24)34)19-26(27)31/h18-20H,1-17H2. The molecule has 0 N–H and O–H groups in total. The third kappa shape index (κ3) is 3.91. The van der Waals surface area contributed by atoms with Crippen molar-refractivity contribution in [3.05, 3.63) is 39.7 Å². The number of hydrogen-bond acceptors (Lipinski definition) is 6. The van der Waals surface area contributed by atoms with Crippen LogP contribution in [-0.2, 0) is 35.2 Å². The van der Waals surface area contributed by atoms with Gasteiger partial charge in [-0.3, -0.25) is 9.79 Å². The Kier molecular flexibility index (Phi) is 6.06. The first-order valence-corrected chi connectivity index (χ1v) is 14.5. The molecule has 0 radical (unpaired) electrons. The predicted octanol–water partition coefficient (Wildman–Crippen LogP) is 5.23. The molecular formula is C31H37N3O3. The van der Waals surface area contributed by atoms with Crippen LogP contribution in [0.5, 0.6) is 0 Å². The molecule has 0 spiro atoms. The maximum absolute atomic E-state index is 10.4. The van der Waals surface area contributed by atoms with E-state index in [1.165, 1.54) is 70.1 Å². The molecule has 3 aromatic rings. The van der Waals surface area contributed by atoms with Crippen LogP contribution in [0, 0.1) is 0 Å². The lowest BCUT2D eigenvalue weighted by Crippen LogP contribution is -2.35. The topological polar surface area (TPSA) is 58.3 Å². The van der Waals surface area contributed by atoms with Crippen molar-refractivity contribution in [3.63, 3.8) is 0 Å². The normalized spacial score (nSPS) is 18.1. The van der Waals surface area contributed by atoms with E-state index < -0.39 is 0 Å². The van der Waals surface area contributed by atoms with Crippen molar-refractivity contribution in [2.45, 2.75) is 70.6 Å². The van der Waals surface area contributed by atoms with Gasteiger partial charge in [0.15, 0.2) is 0 Å². The van der Waals surface area contributed by atoms with Crippen molar-refractivity contribution in [1.82, 2.24) is 0 Å². The summed E-state index contributed by atoms with van der Waals surface area (Å²) in [7, 11) is 0. The number of unbranched alkanes of at least 4 members (excludes halogenated alkanes) is 2. The largest absolute Gasteiger partial charge is 0.468 e. The van der Waals surface area contributed by atoms with Gasteiger partial charge < -0.3 is 19.0 Å². The molecule has 194 valence electrons. The number of hydrogen-bond donors (Lipinski definition) is 0. The van der Waals surface area contributed by atoms with E-state index >= 15 is 0 Å². The highest BCUT2D eigenvalue weighted by atomic mass is 16.5. The van der Waals surface area contributed by atoms with Crippen LogP contribution >= 0.6 is 0 Å². The zero-order chi connectivity index (χ0) is 24.8. The quantitative estimate of drug-likeness (QED) is 0.253. The van der Waals surface area contributed by atoms with E-state index in [0.717, 1.165) is 94.2 Å². The van der Waals surface area contributed by atoms with Crippen LogP contribution in [0.3, 0.4) is 0 Å². The lowest BCUT2D eigenvalue weighted by atomic mass is 9.87. The van der Waals surface area contributed by atoms with Crippen LogP contribution in [0.2, 0.25) is 0 Å². The molecule has 0 saturated carbocycles. The van der Waals surface area contributed by atoms with Gasteiger partial charge in [-0.1, -0.05) is 0 Å². The zero-order valence-corrected chi connectivity index (χ0v) is 21.8. The maximum Gasteiger partial charge on any atom is 0.293 e. The molecule has 4 aliphatic rings. The van der Waals surface area contributed by atoms with Gasteiger partial charge in [-0.2, -0.15) is 0 Å². The number of anilines is 2. The smallest absolute Gasteiger partial charge is 0.293 e. The molecule has 0 aliphatic carbocycles. The molecule has 4 aliphatic heterocycles. The molecule has 6 nitrogen and oxygen atoms in total. The number of carbonyl (C=O) groups is 1. The molecule has 0 unspecified atom stereocenters. The number of carbonyl (C=O) groups excluding carboxylic acids is 1. The Morgan fingerprint density at radius 1 is 0.784 bits per heavy atom. The van der Waals surface area contributed by atoms with E-state index in [4.69, 9.17) is 14.1 Å². The monoisotopic (exact) mass is 499 g/mol. The summed E-state index contributed by atoms with van der Waals surface area (Å²) in [5.41, 5.74) is 10.9. The van der Waals surface area contributed by atoms with Crippen LogP contribution in [-0.4, -0.2) is 45.8 Å². The van der Waals surface area contributed by atoms with Crippen molar-refractivity contribution >= 4 is 39.8 Å². The minimum atomic E-state index is 0.498. The third-order valence-electron chi connectivity index (χ3n) is 8.92. The van der Waals surface area contributed by atoms with Crippen molar-refractivity contribution in [3.8, 4) is 0 Å². The second kappa shape index (κ2) is 9.70. The Morgan fingerprint density at radius 2 is 1.35 bits per heavy atom. The van der Waals surface area contributed by atoms with E-state index in [9.17, 15) is 4.79 Å². The second-order valence-corrected chi connectivity index (χ2v) is 11.2. The van der Waals surface area contributed by atoms with Crippen LogP contribution in [0.25, 0.3) is 21.9 Å². The third-order valence-corrected chi connectivity index (χ3v) is 8.92. The van der Waals surface area contributed by atoms with E-state index in [0.29, 0.717) is 13.1 Å². The Labute approximate surface area is 218 Å². The van der Waals surface area contributed by atoms with Gasteiger partial charge in [0.25, 0.3) is 6.47 Å². The number of ether oxygens (including phenoxy) is 1. The van der Waals surface area contributed by atoms with Crippen molar-refractivity contribution in [2.75, 3.05) is 49.1 Å². The van der Waals surface area contributed by atoms with E-state index in [2.05, 4.69) is 21.9 Å². The first kappa shape index (κ1) is 23.1. The molecule has 0 bridgehead atoms. The average molecular weight is 500 g/mol. The molecule has 0 atom stereocenters. The minimum absolute atomic E-state index is 0.498. The fraction of sp³-hybridized carbons (Fsp3) is 0.548. The van der Waals surface area contributed by atoms with Gasteiger partial charge in [-0.15, -0.1) is 0 Å². The second-order valence-electron chi connectivity index (χ2n) is 11.2. The van der Waals surface area contributed by atoms with Crippen LogP contribution < -0.4 is 15.2 Å². The molecule has 5 heterocycles. The highest BCUT2D eigenvalue weighted by molar-refractivity contribution is 5.98. The predicted molar refractivity (Wildman–Crippen MR) is 148 cm³/mol. The summed E-state index contributed by atoms with van der Waals surface area (Å²) >= 11 is 0. The molecule has 6 heteroatoms. The summed E-state index contributed by atoms with van der Waals surface area (Å²) in [4.78, 5) is 20.9. The zero-order valence-electron chi connectivity index (χ0n) is 21.8. The minimum Gasteiger partial charge on any atom is -0.468 e. The van der Waals surface area contributed by atoms with E-state index in [1.807, 2.05) is 0 Å². The van der Waals surface area contributed by atoms with Crippen molar-refractivity contribution in [1.29, 1.82) is 0 Å². The van der Waals surface area contributed by atoms with Gasteiger partial charge in [-0.05, 0) is 93.9 Å². The van der Waals surface area contributed by atoms with Crippen LogP contribution in [0.1, 0.15) is 67.2 Å². The highest BCUT2D eigenvalue weighted by Crippen LogP contribution is 2.43. The number of nitrogens with zero attached hydrogens (tertiary/aromatic N) is 3. The first-order chi connectivity index (χ1) is 18.3. The van der Waals surface area contributed by atoms with Crippen molar-refractivity contribution in [2.24, 2.45) is 4.99 Å². The lowest BCUT2D eigenvalue weighted by molar-refractivity contribution is -0.128. The molecule has 0 saturated heterocycles. The lowest BCUT2D eigenvalue weighted by Gasteiger charge is -2.38. The highest BCUT2D eigenvalue weighted by Gasteiger charge is 2.30. The van der Waals surface area contributed by atoms with Crippen LogP contribution in [0.15, 0.2) is 21.5 Å². The van der Waals surface area contributed by atoms with E-state index in [1.54, 1.807) is 0 Å². The van der Waals surface area contributed by atoms with Gasteiger partial charge in [0.2, 0.25) is 0 Å². The Hall–Kier alpha value is -3.02. The molecule has 0 fully saturated rings. The summed E-state index contributed by atoms with van der Waals surface area (Å²) in [5.74, 6) is 0. The fourth-order valence-corrected chi connectivity index (χ4v) is 7.38. The number of fused-ring (bicyclic) bond motifs is 4. The molecule has 7 rings (SSSR count). The number of rotatable bonds is 7. The Bertz CT molecular complexity index is 1340. The summed E-state index contributed by atoms with van der Waals surface area (Å²) in [6, 6.07) is 4.84. The van der Waals surface area contributed by atoms with Gasteiger partial charge in [-0.25, -0.2) is 0 Å². The van der Waals surface area contributed by atoms with Gasteiger partial charge in [0.05, 0.1) is 12.0 Å². The summed E-state index contributed by atoms with van der Waals surface area (Å²) < 4.78 is 11.9. The van der Waals surface area contributed by atoms with Gasteiger partial charge >= 0.3 is 0 Å². The Balaban J connectivity index is 1.44. The number of benzene rings is 2. The molecule has 2 aromatic carbocycles. The molecule has 0 amide bonds. The summed E-state index contributed by atoms with van der Waals surface area (Å²) in [6.07, 6.45) is 12.2. The van der Waals surface area contributed by atoms with Gasteiger partial charge in [0, 0.05) is 66.0 Å². The SMILES string of the molecule is O=COCCCCCN=c1c2cc3c4c(c2oc2c5c6c(cc12)CCCN6CCC5)CCCN4CCC3. The summed E-state index contributed by atoms with van der Waals surface area (Å²) in [6.45, 7) is 6.48. The average Bonchev–Trinajstić information content (AvgIpc) is 2.93. The van der Waals surface area contributed by atoms with Crippen LogP contribution in [0.4, 0.5) is 11.4 Å². The molecule has 1 aromatic heterocycles. The number of aryl methyl sites for hydroxylation is 4. The Morgan fingerprint density at radius 3 is 1.92 bits per heavy atom. The molecular weight excluding hydrogens is 462 g/mol. The van der Waals surface area contributed by atoms with E-state index in [-0.39, 0.29) is 0 Å².